The van der Waals surface area contributed by atoms with E-state index in [1.54, 1.807) is 0 Å². The number of rotatable bonds is 7. The number of carbonyl (C=O) groups is 3. The van der Waals surface area contributed by atoms with Crippen molar-refractivity contribution in [1.29, 1.82) is 0 Å². The maximum absolute atomic E-state index is 12.5. The van der Waals surface area contributed by atoms with E-state index in [9.17, 15) is 27.6 Å². The Labute approximate surface area is 148 Å². The Hall–Kier alpha value is -1.68. The maximum Gasteiger partial charge on any atom is 0.522 e. The summed E-state index contributed by atoms with van der Waals surface area (Å²) < 4.78 is 40.6. The zero-order chi connectivity index (χ0) is 19.1. The van der Waals surface area contributed by atoms with E-state index in [-0.39, 0.29) is 29.6 Å². The van der Waals surface area contributed by atoms with Crippen LogP contribution in [-0.2, 0) is 19.1 Å². The first kappa shape index (κ1) is 19.1. The van der Waals surface area contributed by atoms with Gasteiger partial charge in [-0.3, -0.25) is 19.1 Å². The minimum atomic E-state index is -4.88. The average Bonchev–Trinajstić information content (AvgIpc) is 2.86. The van der Waals surface area contributed by atoms with Gasteiger partial charge >= 0.3 is 6.36 Å². The van der Waals surface area contributed by atoms with E-state index < -0.39 is 36.6 Å². The van der Waals surface area contributed by atoms with E-state index in [0.717, 1.165) is 0 Å². The molecule has 2 amide bonds. The smallest absolute Gasteiger partial charge is 0.368 e. The quantitative estimate of drug-likeness (QED) is 0.582. The van der Waals surface area contributed by atoms with Crippen LogP contribution in [0.3, 0.4) is 0 Å². The number of halogens is 3. The fraction of sp³-hybridized carbons (Fsp3) is 0.812. The molecule has 7 nitrogen and oxygen atoms in total. The highest BCUT2D eigenvalue weighted by atomic mass is 19.4. The number of hydrogen-bond acceptors (Lipinski definition) is 5. The van der Waals surface area contributed by atoms with E-state index in [2.05, 4.69) is 15.4 Å². The molecule has 0 radical (unpaired) electrons. The van der Waals surface area contributed by atoms with Gasteiger partial charge in [-0.05, 0) is 37.0 Å². The number of carbonyl (C=O) groups excluding carboxylic acids is 3. The van der Waals surface area contributed by atoms with Gasteiger partial charge in [-0.25, -0.2) is 0 Å². The molecule has 3 fully saturated rings. The Balaban J connectivity index is 1.68. The fourth-order valence-corrected chi connectivity index (χ4v) is 4.42. The summed E-state index contributed by atoms with van der Waals surface area (Å²) in [7, 11) is 0. The number of ketones is 1. The van der Waals surface area contributed by atoms with E-state index in [0.29, 0.717) is 32.4 Å². The van der Waals surface area contributed by atoms with Crippen LogP contribution in [0.5, 0.6) is 0 Å². The van der Waals surface area contributed by atoms with Gasteiger partial charge in [-0.1, -0.05) is 0 Å². The predicted octanol–water partition coefficient (Wildman–Crippen LogP) is 0.0878. The molecule has 4 N–H and O–H groups in total. The molecule has 2 saturated heterocycles. The molecule has 0 aromatic heterocycles. The summed E-state index contributed by atoms with van der Waals surface area (Å²) in [4.78, 5) is 35.6. The van der Waals surface area contributed by atoms with Crippen LogP contribution in [0.25, 0.3) is 0 Å². The van der Waals surface area contributed by atoms with Crippen molar-refractivity contribution in [3.05, 3.63) is 0 Å². The predicted molar refractivity (Wildman–Crippen MR) is 82.4 cm³/mol. The molecule has 2 heterocycles. The summed E-state index contributed by atoms with van der Waals surface area (Å²) in [5.74, 6) is -2.54. The van der Waals surface area contributed by atoms with Crippen LogP contribution in [-0.4, -0.2) is 49.7 Å². The van der Waals surface area contributed by atoms with Gasteiger partial charge in [0.25, 0.3) is 0 Å². The summed E-state index contributed by atoms with van der Waals surface area (Å²) in [5, 5.41) is 5.69. The van der Waals surface area contributed by atoms with Gasteiger partial charge in [0.1, 0.15) is 6.61 Å². The molecule has 0 aromatic carbocycles. The average molecular weight is 377 g/mol. The first-order valence-corrected chi connectivity index (χ1v) is 8.65. The molecule has 0 aromatic rings. The van der Waals surface area contributed by atoms with E-state index >= 15 is 0 Å². The summed E-state index contributed by atoms with van der Waals surface area (Å²) in [6, 6.07) is -0.489. The van der Waals surface area contributed by atoms with Crippen LogP contribution in [0.2, 0.25) is 0 Å². The van der Waals surface area contributed by atoms with Crippen LogP contribution < -0.4 is 16.4 Å². The molecule has 5 atom stereocenters. The first-order chi connectivity index (χ1) is 12.1. The summed E-state index contributed by atoms with van der Waals surface area (Å²) >= 11 is 0. The number of nitrogens with two attached hydrogens (primary N) is 1. The van der Waals surface area contributed by atoms with Crippen molar-refractivity contribution in [1.82, 2.24) is 10.6 Å². The number of nitrogens with one attached hydrogen (secondary N) is 2. The lowest BCUT2D eigenvalue weighted by Gasteiger charge is -2.21. The summed E-state index contributed by atoms with van der Waals surface area (Å²) in [6.45, 7) is -0.0572. The van der Waals surface area contributed by atoms with Gasteiger partial charge in [0.2, 0.25) is 11.8 Å². The van der Waals surface area contributed by atoms with Crippen LogP contribution in [0.4, 0.5) is 13.2 Å². The second-order valence-electron chi connectivity index (χ2n) is 7.53. The van der Waals surface area contributed by atoms with Gasteiger partial charge in [0.15, 0.2) is 5.78 Å². The van der Waals surface area contributed by atoms with Gasteiger partial charge in [-0.15, -0.1) is 13.2 Å². The summed E-state index contributed by atoms with van der Waals surface area (Å²) in [5.41, 5.74) is 5.00. The minimum absolute atomic E-state index is 0.169. The highest BCUT2D eigenvalue weighted by Crippen LogP contribution is 2.62. The molecule has 3 rings (SSSR count). The van der Waals surface area contributed by atoms with Crippen LogP contribution >= 0.6 is 0 Å². The monoisotopic (exact) mass is 377 g/mol. The van der Waals surface area contributed by atoms with Crippen LogP contribution in [0.1, 0.15) is 25.7 Å². The molecule has 3 aliphatic rings. The topological polar surface area (TPSA) is 111 Å². The van der Waals surface area contributed by atoms with Crippen molar-refractivity contribution in [2.45, 2.75) is 38.1 Å². The zero-order valence-electron chi connectivity index (χ0n) is 14.1. The number of hydrogen-bond donors (Lipinski definition) is 3. The van der Waals surface area contributed by atoms with E-state index in [4.69, 9.17) is 5.73 Å². The number of primary amides is 1. The van der Waals surface area contributed by atoms with Gasteiger partial charge < -0.3 is 16.4 Å². The molecular formula is C16H22F3N3O4. The Morgan fingerprint density at radius 3 is 2.62 bits per heavy atom. The summed E-state index contributed by atoms with van der Waals surface area (Å²) in [6.07, 6.45) is -3.02. The number of Topliss-reactive ketones (excluding diaryl/α,β-unsaturated/α-hetero) is 1. The van der Waals surface area contributed by atoms with E-state index in [1.165, 1.54) is 0 Å². The zero-order valence-corrected chi connectivity index (χ0v) is 14.1. The lowest BCUT2D eigenvalue weighted by molar-refractivity contribution is -0.321. The van der Waals surface area contributed by atoms with Gasteiger partial charge in [-0.2, -0.15) is 0 Å². The fourth-order valence-electron chi connectivity index (χ4n) is 4.42. The lowest BCUT2D eigenvalue weighted by Crippen LogP contribution is -2.36. The number of alkyl halides is 3. The second kappa shape index (κ2) is 6.80. The molecule has 146 valence electrons. The number of amides is 2. The first-order valence-electron chi connectivity index (χ1n) is 8.65. The molecule has 26 heavy (non-hydrogen) atoms. The molecule has 1 aliphatic carbocycles. The minimum Gasteiger partial charge on any atom is -0.368 e. The Morgan fingerprint density at radius 2 is 2.08 bits per heavy atom. The Bertz CT molecular complexity index is 612. The molecule has 1 saturated carbocycles. The highest BCUT2D eigenvalue weighted by Gasteiger charge is 2.62. The third kappa shape index (κ3) is 4.01. The van der Waals surface area contributed by atoms with Crippen molar-refractivity contribution >= 4 is 17.6 Å². The van der Waals surface area contributed by atoms with Crippen molar-refractivity contribution in [3.8, 4) is 0 Å². The normalized spacial score (nSPS) is 34.7. The molecule has 0 bridgehead atoms. The molecular weight excluding hydrogens is 355 g/mol. The van der Waals surface area contributed by atoms with E-state index in [1.807, 2.05) is 0 Å². The Kier molecular flexibility index (Phi) is 5.00. The van der Waals surface area contributed by atoms with Crippen molar-refractivity contribution < 1.29 is 32.3 Å². The number of ether oxygens (including phenoxy) is 1. The highest BCUT2D eigenvalue weighted by molar-refractivity contribution is 5.85. The lowest BCUT2D eigenvalue weighted by atomic mass is 9.83. The maximum atomic E-state index is 12.5. The van der Waals surface area contributed by atoms with Crippen LogP contribution in [0, 0.1) is 23.2 Å². The second-order valence-corrected chi connectivity index (χ2v) is 7.53. The van der Waals surface area contributed by atoms with Gasteiger partial charge in [0.05, 0.1) is 6.04 Å². The largest absolute Gasteiger partial charge is 0.522 e. The van der Waals surface area contributed by atoms with Crippen LogP contribution in [0.15, 0.2) is 0 Å². The SMILES string of the molecule is NC(=O)C1CC2(CN1)CC2[C@H](C[C@H]1CCNC1=O)C(=O)COC(F)(F)F. The molecule has 2 aliphatic heterocycles. The standard InChI is InChI=1S/C16H22F3N3O4/c17-16(18,19)26-6-12(23)9(3-8-1-2-21-14(8)25)10-4-15(10)5-11(13(20)24)22-7-15/h8-11,22H,1-7H2,(H2,20,24)(H,21,25)/t8-,9+,10?,11?,15?/m1/s1. The van der Waals surface area contributed by atoms with Crippen molar-refractivity contribution in [2.24, 2.45) is 28.9 Å². The third-order valence-corrected chi connectivity index (χ3v) is 5.89. The Morgan fingerprint density at radius 1 is 1.35 bits per heavy atom. The van der Waals surface area contributed by atoms with Gasteiger partial charge in [0, 0.05) is 24.9 Å². The third-order valence-electron chi connectivity index (χ3n) is 5.89. The van der Waals surface area contributed by atoms with Crippen molar-refractivity contribution in [2.75, 3.05) is 19.7 Å². The van der Waals surface area contributed by atoms with Crippen molar-refractivity contribution in [3.63, 3.8) is 0 Å². The molecule has 3 unspecified atom stereocenters. The molecule has 1 spiro atoms. The molecule has 10 heteroatoms.